The van der Waals surface area contributed by atoms with E-state index in [1.165, 1.54) is 23.9 Å². The number of halogens is 4. The highest BCUT2D eigenvalue weighted by atomic mass is 35.5. The highest BCUT2D eigenvalue weighted by molar-refractivity contribution is 7.99. The second-order valence-corrected chi connectivity index (χ2v) is 26.2. The summed E-state index contributed by atoms with van der Waals surface area (Å²) in [6.07, 6.45) is 0.0980. The number of aliphatic hydroxyl groups is 1. The van der Waals surface area contributed by atoms with Crippen LogP contribution in [-0.4, -0.2) is 123 Å². The molecular formula is C54H61ClF3N6O10PS3. The lowest BCUT2D eigenvalue weighted by Crippen LogP contribution is -2.46. The second-order valence-electron chi connectivity index (χ2n) is 19.5. The lowest BCUT2D eigenvalue weighted by molar-refractivity contribution is -0.0436. The zero-order valence-electron chi connectivity index (χ0n) is 42.9. The fourth-order valence-corrected chi connectivity index (χ4v) is 13.3. The largest absolute Gasteiger partial charge is 0.501 e. The van der Waals surface area contributed by atoms with E-state index in [0.29, 0.717) is 104 Å². The smallest absolute Gasteiger partial charge is 0.449 e. The van der Waals surface area contributed by atoms with E-state index in [2.05, 4.69) is 24.7 Å². The van der Waals surface area contributed by atoms with Crippen molar-refractivity contribution >= 4 is 79.5 Å². The minimum Gasteiger partial charge on any atom is -0.449 e. The summed E-state index contributed by atoms with van der Waals surface area (Å²) >= 11 is 7.72. The predicted octanol–water partition coefficient (Wildman–Crippen LogP) is 10.5. The van der Waals surface area contributed by atoms with Crippen molar-refractivity contribution in [1.29, 1.82) is 0 Å². The molecule has 3 heterocycles. The van der Waals surface area contributed by atoms with Crippen LogP contribution in [0.4, 0.5) is 35.9 Å². The summed E-state index contributed by atoms with van der Waals surface area (Å²) < 4.78 is 118. The number of nitrogens with zero attached hydrogens (tertiary/aromatic N) is 4. The molecule has 2 fully saturated rings. The van der Waals surface area contributed by atoms with E-state index < -0.39 is 67.2 Å². The molecule has 8 rings (SSSR count). The number of nitrogens with one attached hydrogen (secondary N) is 2. The first-order valence-corrected chi connectivity index (χ1v) is 31.3. The maximum atomic E-state index is 14.3. The quantitative estimate of drug-likeness (QED) is 0.0273. The topological polar surface area (TPSA) is 211 Å². The Labute approximate surface area is 461 Å². The Balaban J connectivity index is 0.981. The van der Waals surface area contributed by atoms with E-state index in [9.17, 15) is 54.3 Å². The average molecular weight is 1170 g/mol. The molecule has 0 amide bonds. The van der Waals surface area contributed by atoms with Crippen molar-refractivity contribution in [3.05, 3.63) is 138 Å². The Hall–Kier alpha value is -5.55. The van der Waals surface area contributed by atoms with Gasteiger partial charge < -0.3 is 44.2 Å². The van der Waals surface area contributed by atoms with Gasteiger partial charge in [0.1, 0.15) is 4.90 Å². The second kappa shape index (κ2) is 24.4. The first kappa shape index (κ1) is 58.6. The van der Waals surface area contributed by atoms with Crippen molar-refractivity contribution < 1.29 is 59.0 Å². The third-order valence-corrected chi connectivity index (χ3v) is 18.5. The number of sulfone groups is 1. The number of aromatic nitrogens is 1. The summed E-state index contributed by atoms with van der Waals surface area (Å²) in [4.78, 5) is 38.3. The van der Waals surface area contributed by atoms with Crippen molar-refractivity contribution in [3.63, 3.8) is 0 Å². The molecule has 1 aromatic heterocycles. The Morgan fingerprint density at radius 3 is 2.08 bits per heavy atom. The number of sulfonamides is 1. The van der Waals surface area contributed by atoms with E-state index in [0.717, 1.165) is 34.0 Å². The fourth-order valence-electron chi connectivity index (χ4n) is 9.77. The minimum atomic E-state index is -6.05. The number of hydrogen-bond acceptors (Lipinski definition) is 13. The number of ether oxygens (including phenoxy) is 1. The third-order valence-electron chi connectivity index (χ3n) is 13.7. The lowest BCUT2D eigenvalue weighted by atomic mass is 9.96. The summed E-state index contributed by atoms with van der Waals surface area (Å²) in [5, 5.41) is 13.5. The Kier molecular flexibility index (Phi) is 18.4. The molecule has 0 spiro atoms. The Morgan fingerprint density at radius 2 is 1.46 bits per heavy atom. The number of anilines is 4. The number of benzene rings is 5. The zero-order chi connectivity index (χ0) is 56.2. The highest BCUT2D eigenvalue weighted by Gasteiger charge is 2.48. The highest BCUT2D eigenvalue weighted by Crippen LogP contribution is 2.44. The first-order chi connectivity index (χ1) is 36.9. The number of carbonyl (C=O) groups is 1. The van der Waals surface area contributed by atoms with Gasteiger partial charge in [0, 0.05) is 102 Å². The van der Waals surface area contributed by atoms with Crippen LogP contribution in [0.25, 0.3) is 22.4 Å². The summed E-state index contributed by atoms with van der Waals surface area (Å²) in [6.45, 7) is 9.67. The minimum absolute atomic E-state index is 0.0874. The van der Waals surface area contributed by atoms with E-state index in [1.54, 1.807) is 31.2 Å². The van der Waals surface area contributed by atoms with Crippen LogP contribution < -0.4 is 19.8 Å². The molecule has 418 valence electrons. The molecule has 78 heavy (non-hydrogen) atoms. The normalized spacial score (nSPS) is 15.6. The van der Waals surface area contributed by atoms with Gasteiger partial charge in [0.05, 0.1) is 27.9 Å². The van der Waals surface area contributed by atoms with Crippen molar-refractivity contribution in [2.45, 2.75) is 78.4 Å². The number of rotatable bonds is 20. The van der Waals surface area contributed by atoms with Gasteiger partial charge in [0.2, 0.25) is 0 Å². The number of carbonyl (C=O) groups excluding carboxylic acids is 1. The maximum absolute atomic E-state index is 14.3. The van der Waals surface area contributed by atoms with Crippen LogP contribution in [0.1, 0.15) is 55.2 Å². The number of thioether (sulfide) groups is 1. The molecule has 5 aromatic carbocycles. The maximum Gasteiger partial charge on any atom is 0.501 e. The molecule has 0 saturated carbocycles. The molecule has 16 nitrogen and oxygen atoms in total. The van der Waals surface area contributed by atoms with Gasteiger partial charge in [-0.2, -0.15) is 13.2 Å². The molecule has 1 atom stereocenters. The van der Waals surface area contributed by atoms with Gasteiger partial charge in [-0.25, -0.2) is 21.6 Å². The van der Waals surface area contributed by atoms with Crippen LogP contribution in [0, 0.1) is 6.92 Å². The number of piperazine rings is 1. The third kappa shape index (κ3) is 14.1. The molecular weight excluding hydrogens is 1110 g/mol. The molecule has 0 radical (unpaired) electrons. The summed E-state index contributed by atoms with van der Waals surface area (Å²) in [5.41, 5.74) is -1.08. The molecule has 2 aliphatic heterocycles. The van der Waals surface area contributed by atoms with Gasteiger partial charge in [-0.05, 0) is 130 Å². The van der Waals surface area contributed by atoms with Crippen LogP contribution in [0.5, 0.6) is 0 Å². The molecule has 2 saturated heterocycles. The predicted molar refractivity (Wildman–Crippen MR) is 300 cm³/mol. The number of esters is 1. The van der Waals surface area contributed by atoms with Gasteiger partial charge in [0.15, 0.2) is 6.35 Å². The molecule has 6 aromatic rings. The molecule has 24 heteroatoms. The number of alkyl halides is 3. The van der Waals surface area contributed by atoms with Crippen LogP contribution in [0.2, 0.25) is 5.02 Å². The fraction of sp³-hybridized carbons (Fsp3) is 0.352. The lowest BCUT2D eigenvalue weighted by Gasteiger charge is -2.37. The van der Waals surface area contributed by atoms with Gasteiger partial charge in [-0.15, -0.1) is 11.8 Å². The van der Waals surface area contributed by atoms with Gasteiger partial charge in [-0.1, -0.05) is 54.1 Å². The summed E-state index contributed by atoms with van der Waals surface area (Å²) in [5.74, 6) is -0.531. The van der Waals surface area contributed by atoms with E-state index in [4.69, 9.17) is 16.3 Å². The van der Waals surface area contributed by atoms with Crippen LogP contribution in [0.3, 0.4) is 0 Å². The van der Waals surface area contributed by atoms with E-state index in [1.807, 2.05) is 85.1 Å². The zero-order valence-corrected chi connectivity index (χ0v) is 47.0. The molecule has 2 aliphatic rings. The molecule has 0 unspecified atom stereocenters. The van der Waals surface area contributed by atoms with Crippen LogP contribution >= 0.6 is 31.0 Å². The Bertz CT molecular complexity index is 3350. The Morgan fingerprint density at radius 1 is 0.821 bits per heavy atom. The summed E-state index contributed by atoms with van der Waals surface area (Å²) in [7, 11) is -15.4. The van der Waals surface area contributed by atoms with E-state index >= 15 is 0 Å². The van der Waals surface area contributed by atoms with Gasteiger partial charge in [-0.3, -0.25) is 9.29 Å². The molecule has 5 N–H and O–H groups in total. The average Bonchev–Trinajstić information content (AvgIpc) is 3.98. The number of hydrogen-bond donors (Lipinski definition) is 5. The summed E-state index contributed by atoms with van der Waals surface area (Å²) in [6, 6.07) is 32.5. The van der Waals surface area contributed by atoms with Crippen LogP contribution in [-0.2, 0) is 29.2 Å². The van der Waals surface area contributed by atoms with Crippen molar-refractivity contribution in [1.82, 2.24) is 9.47 Å². The van der Waals surface area contributed by atoms with Crippen molar-refractivity contribution in [2.75, 3.05) is 77.8 Å². The number of piperidine rings is 1. The number of likely N-dealkylation sites (tertiary alicyclic amines) is 1. The van der Waals surface area contributed by atoms with Crippen molar-refractivity contribution in [3.8, 4) is 22.4 Å². The van der Waals surface area contributed by atoms with E-state index in [-0.39, 0.29) is 23.0 Å². The monoisotopic (exact) mass is 1170 g/mol. The van der Waals surface area contributed by atoms with Gasteiger partial charge in [0.25, 0.3) is 19.9 Å². The molecule has 0 bridgehead atoms. The standard InChI is InChI=1S/C54H61ClF3N6O10PS3/c1-36(2)64-37(3)50(53(66)74-35-75(67,68)69)51(52(64)38-12-14-40(55)15-13-38)39-8-7-9-44(32-39)63-30-28-62(29-31-63)43-18-16-41(17-19-43)60-78(72,73)47-20-21-48(49(33-47)77(70,71)54(56,57)58)59-42(34-76-46-10-5-4-6-11-46)22-25-61-26-23-45(65)24-27-61/h4-21,32-33,36,42,45,59-60,65H,22-31,34-35H2,1-3H3,(H2,67,68,69)/t42-/m1/s1. The number of aliphatic hydroxyl groups excluding tert-OH is 1. The van der Waals surface area contributed by atoms with Crippen LogP contribution in [0.15, 0.2) is 136 Å². The first-order valence-electron chi connectivity index (χ1n) is 25.1. The van der Waals surface area contributed by atoms with Gasteiger partial charge >= 0.3 is 19.1 Å². The SMILES string of the molecule is Cc1c(C(=O)OCP(=O)(O)O)c(-c2cccc(N3CCN(c4ccc(NS(=O)(=O)c5ccc(N[C@H](CCN6CCC(O)CC6)CSc6ccccc6)c(S(=O)(=O)C(F)(F)F)c5)cc4)CC3)c2)c(-c2ccc(Cl)cc2)n1C(C)C. The molecule has 0 aliphatic carbocycles. The van der Waals surface area contributed by atoms with Crippen molar-refractivity contribution in [2.24, 2.45) is 0 Å².